The Labute approximate surface area is 167 Å². The van der Waals surface area contributed by atoms with Crippen LogP contribution in [0.3, 0.4) is 0 Å². The topological polar surface area (TPSA) is 76.5 Å². The number of nitrogens with one attached hydrogen (secondary N) is 1. The summed E-state index contributed by atoms with van der Waals surface area (Å²) in [6.45, 7) is 6.05. The summed E-state index contributed by atoms with van der Waals surface area (Å²) >= 11 is 0. The van der Waals surface area contributed by atoms with Gasteiger partial charge in [0.15, 0.2) is 0 Å². The average Bonchev–Trinajstić information content (AvgIpc) is 3.19. The molecule has 0 radical (unpaired) electrons. The first-order valence-corrected chi connectivity index (χ1v) is 9.31. The fourth-order valence-corrected chi connectivity index (χ4v) is 3.23. The molecule has 2 heterocycles. The van der Waals surface area contributed by atoms with E-state index in [4.69, 9.17) is 4.74 Å². The number of amides is 2. The summed E-state index contributed by atoms with van der Waals surface area (Å²) in [7, 11) is 1.62. The monoisotopic (exact) mass is 406 g/mol. The number of alkyl carbamates (subject to hydrolysis) is 1. The summed E-state index contributed by atoms with van der Waals surface area (Å²) < 4.78 is 34.1. The molecular formula is C20H24F2N4O3. The van der Waals surface area contributed by atoms with E-state index < -0.39 is 23.3 Å². The highest BCUT2D eigenvalue weighted by Crippen LogP contribution is 2.27. The molecule has 1 saturated heterocycles. The normalized spacial score (nSPS) is 16.8. The van der Waals surface area contributed by atoms with Crippen LogP contribution in [0.1, 0.15) is 37.6 Å². The van der Waals surface area contributed by atoms with E-state index >= 15 is 0 Å². The number of ether oxygens (including phenoxy) is 1. The van der Waals surface area contributed by atoms with Crippen molar-refractivity contribution in [1.82, 2.24) is 20.0 Å². The molecule has 0 saturated carbocycles. The largest absolute Gasteiger partial charge is 0.444 e. The van der Waals surface area contributed by atoms with Crippen molar-refractivity contribution in [2.75, 3.05) is 13.1 Å². The Morgan fingerprint density at radius 2 is 2.00 bits per heavy atom. The van der Waals surface area contributed by atoms with E-state index in [1.54, 1.807) is 32.7 Å². The van der Waals surface area contributed by atoms with Gasteiger partial charge in [0.05, 0.1) is 11.6 Å². The van der Waals surface area contributed by atoms with Gasteiger partial charge in [-0.05, 0) is 39.3 Å². The molecule has 2 aromatic rings. The minimum atomic E-state index is -0.788. The lowest BCUT2D eigenvalue weighted by atomic mass is 10.1. The Morgan fingerprint density at radius 3 is 2.66 bits per heavy atom. The number of aromatic nitrogens is 2. The van der Waals surface area contributed by atoms with E-state index in [9.17, 15) is 18.4 Å². The Kier molecular flexibility index (Phi) is 5.59. The Balaban J connectivity index is 1.74. The third-order valence-electron chi connectivity index (χ3n) is 4.44. The van der Waals surface area contributed by atoms with Gasteiger partial charge in [-0.1, -0.05) is 0 Å². The molecule has 1 aromatic carbocycles. The van der Waals surface area contributed by atoms with Crippen LogP contribution < -0.4 is 5.32 Å². The average molecular weight is 406 g/mol. The van der Waals surface area contributed by atoms with Gasteiger partial charge in [0, 0.05) is 38.0 Å². The highest BCUT2D eigenvalue weighted by molar-refractivity contribution is 6.00. The number of carbonyl (C=O) groups is 2. The fourth-order valence-electron chi connectivity index (χ4n) is 3.23. The molecule has 0 spiro atoms. The zero-order valence-corrected chi connectivity index (χ0v) is 16.8. The molecule has 9 heteroatoms. The zero-order chi connectivity index (χ0) is 21.3. The van der Waals surface area contributed by atoms with Gasteiger partial charge in [0.1, 0.15) is 22.9 Å². The number of nitrogens with zero attached hydrogens (tertiary/aromatic N) is 3. The van der Waals surface area contributed by atoms with Crippen LogP contribution in [0.2, 0.25) is 0 Å². The second-order valence-corrected chi connectivity index (χ2v) is 8.07. The van der Waals surface area contributed by atoms with Gasteiger partial charge >= 0.3 is 6.09 Å². The van der Waals surface area contributed by atoms with Crippen LogP contribution in [0.5, 0.6) is 0 Å². The van der Waals surface area contributed by atoms with Crippen molar-refractivity contribution in [3.63, 3.8) is 0 Å². The molecule has 1 aliphatic heterocycles. The third kappa shape index (κ3) is 4.90. The van der Waals surface area contributed by atoms with Crippen molar-refractivity contribution >= 4 is 12.0 Å². The smallest absolute Gasteiger partial charge is 0.407 e. The lowest BCUT2D eigenvalue weighted by Crippen LogP contribution is -2.41. The first kappa shape index (κ1) is 20.8. The lowest BCUT2D eigenvalue weighted by molar-refractivity contribution is 0.0502. The first-order valence-electron chi connectivity index (χ1n) is 9.31. The van der Waals surface area contributed by atoms with E-state index in [0.29, 0.717) is 19.5 Å². The van der Waals surface area contributed by atoms with Gasteiger partial charge in [0.25, 0.3) is 5.91 Å². The van der Waals surface area contributed by atoms with Crippen LogP contribution in [-0.2, 0) is 11.8 Å². The number of halogens is 2. The lowest BCUT2D eigenvalue weighted by Gasteiger charge is -2.22. The molecule has 1 unspecified atom stereocenters. The highest BCUT2D eigenvalue weighted by atomic mass is 19.1. The highest BCUT2D eigenvalue weighted by Gasteiger charge is 2.31. The van der Waals surface area contributed by atoms with Gasteiger partial charge < -0.3 is 15.0 Å². The van der Waals surface area contributed by atoms with Crippen LogP contribution in [0.15, 0.2) is 24.4 Å². The number of hydrogen-bond acceptors (Lipinski definition) is 4. The summed E-state index contributed by atoms with van der Waals surface area (Å²) in [5.74, 6) is -1.82. The number of aryl methyl sites for hydroxylation is 1. The Hall–Kier alpha value is -2.97. The quantitative estimate of drug-likeness (QED) is 0.850. The fraction of sp³-hybridized carbons (Fsp3) is 0.450. The molecule has 1 aliphatic rings. The molecule has 1 atom stereocenters. The predicted molar refractivity (Wildman–Crippen MR) is 102 cm³/mol. The van der Waals surface area contributed by atoms with Gasteiger partial charge in [-0.3, -0.25) is 9.48 Å². The standard InChI is InChI=1S/C20H24F2N4O3/c1-20(2,3)29-19(28)23-13-7-8-26(10-13)18(27)15-11-25(4)24-17(15)14-6-5-12(21)9-16(14)22/h5-6,9,11,13H,7-8,10H2,1-4H3,(H,23,28). The van der Waals surface area contributed by atoms with Crippen LogP contribution in [0, 0.1) is 11.6 Å². The van der Waals surface area contributed by atoms with E-state index in [1.807, 2.05) is 0 Å². The number of carbonyl (C=O) groups excluding carboxylic acids is 2. The number of likely N-dealkylation sites (tertiary alicyclic amines) is 1. The van der Waals surface area contributed by atoms with Crippen LogP contribution in [-0.4, -0.2) is 51.4 Å². The summed E-state index contributed by atoms with van der Waals surface area (Å²) in [6, 6.07) is 2.91. The van der Waals surface area contributed by atoms with Crippen LogP contribution >= 0.6 is 0 Å². The summed E-state index contributed by atoms with van der Waals surface area (Å²) in [5.41, 5.74) is -0.186. The molecule has 1 N–H and O–H groups in total. The van der Waals surface area contributed by atoms with Crippen molar-refractivity contribution in [2.45, 2.75) is 38.8 Å². The summed E-state index contributed by atoms with van der Waals surface area (Å²) in [4.78, 5) is 26.5. The SMILES string of the molecule is Cn1cc(C(=O)N2CCC(NC(=O)OC(C)(C)C)C2)c(-c2ccc(F)cc2F)n1. The van der Waals surface area contributed by atoms with E-state index in [-0.39, 0.29) is 28.8 Å². The Morgan fingerprint density at radius 1 is 1.28 bits per heavy atom. The third-order valence-corrected chi connectivity index (χ3v) is 4.44. The minimum absolute atomic E-state index is 0.0537. The van der Waals surface area contributed by atoms with Crippen LogP contribution in [0.25, 0.3) is 11.3 Å². The van der Waals surface area contributed by atoms with E-state index in [0.717, 1.165) is 12.1 Å². The maximum absolute atomic E-state index is 14.2. The van der Waals surface area contributed by atoms with E-state index in [1.165, 1.54) is 16.9 Å². The molecule has 0 aliphatic carbocycles. The van der Waals surface area contributed by atoms with Gasteiger partial charge in [-0.2, -0.15) is 5.10 Å². The maximum atomic E-state index is 14.2. The molecule has 29 heavy (non-hydrogen) atoms. The minimum Gasteiger partial charge on any atom is -0.444 e. The molecule has 1 fully saturated rings. The first-order chi connectivity index (χ1) is 13.5. The molecule has 7 nitrogen and oxygen atoms in total. The predicted octanol–water partition coefficient (Wildman–Crippen LogP) is 3.10. The van der Waals surface area contributed by atoms with Crippen molar-refractivity contribution in [3.8, 4) is 11.3 Å². The molecule has 1 aromatic heterocycles. The molecule has 2 amide bonds. The van der Waals surface area contributed by atoms with Gasteiger partial charge in [-0.15, -0.1) is 0 Å². The Bertz CT molecular complexity index is 936. The number of benzene rings is 1. The second kappa shape index (κ2) is 7.81. The number of hydrogen-bond donors (Lipinski definition) is 1. The summed E-state index contributed by atoms with van der Waals surface area (Å²) in [6.07, 6.45) is 1.55. The molecular weight excluding hydrogens is 382 g/mol. The zero-order valence-electron chi connectivity index (χ0n) is 16.8. The molecule has 0 bridgehead atoms. The van der Waals surface area contributed by atoms with Crippen molar-refractivity contribution in [2.24, 2.45) is 7.05 Å². The maximum Gasteiger partial charge on any atom is 0.407 e. The van der Waals surface area contributed by atoms with Crippen molar-refractivity contribution < 1.29 is 23.1 Å². The molecule has 156 valence electrons. The summed E-state index contributed by atoms with van der Waals surface area (Å²) in [5, 5.41) is 6.95. The van der Waals surface area contributed by atoms with Crippen molar-refractivity contribution in [1.29, 1.82) is 0 Å². The molecule has 3 rings (SSSR count). The van der Waals surface area contributed by atoms with Gasteiger partial charge in [-0.25, -0.2) is 13.6 Å². The van der Waals surface area contributed by atoms with Crippen LogP contribution in [0.4, 0.5) is 13.6 Å². The van der Waals surface area contributed by atoms with Crippen molar-refractivity contribution in [3.05, 3.63) is 41.6 Å². The van der Waals surface area contributed by atoms with Gasteiger partial charge in [0.2, 0.25) is 0 Å². The van der Waals surface area contributed by atoms with E-state index in [2.05, 4.69) is 10.4 Å². The second-order valence-electron chi connectivity index (χ2n) is 8.07. The number of rotatable bonds is 3.